The van der Waals surface area contributed by atoms with Crippen molar-refractivity contribution in [2.75, 3.05) is 38.8 Å². The van der Waals surface area contributed by atoms with E-state index < -0.39 is 0 Å². The van der Waals surface area contributed by atoms with Gasteiger partial charge < -0.3 is 15.0 Å². The molecule has 0 unspecified atom stereocenters. The molecule has 0 bridgehead atoms. The molecule has 0 radical (unpaired) electrons. The maximum Gasteiger partial charge on any atom is 0.131 e. The summed E-state index contributed by atoms with van der Waals surface area (Å²) in [5.74, 6) is 1.06. The van der Waals surface area contributed by atoms with E-state index in [2.05, 4.69) is 42.2 Å². The van der Waals surface area contributed by atoms with Gasteiger partial charge in [-0.3, -0.25) is 0 Å². The molecule has 1 rings (SSSR count). The van der Waals surface area contributed by atoms with Crippen LogP contribution in [0.4, 0.5) is 5.82 Å². The number of aryl methyl sites for hydroxylation is 1. The highest BCUT2D eigenvalue weighted by molar-refractivity contribution is 5.46. The third-order valence-electron chi connectivity index (χ3n) is 2.89. The molecule has 0 atom stereocenters. The van der Waals surface area contributed by atoms with Crippen molar-refractivity contribution in [2.24, 2.45) is 0 Å². The fourth-order valence-corrected chi connectivity index (χ4v) is 1.94. The summed E-state index contributed by atoms with van der Waals surface area (Å²) in [5, 5.41) is 3.31. The molecule has 102 valence electrons. The third kappa shape index (κ3) is 4.63. The lowest BCUT2D eigenvalue weighted by Gasteiger charge is -2.20. The molecule has 1 aromatic rings. The maximum atomic E-state index is 5.07. The first kappa shape index (κ1) is 14.9. The van der Waals surface area contributed by atoms with Gasteiger partial charge in [0.1, 0.15) is 5.82 Å². The average molecular weight is 251 g/mol. The zero-order chi connectivity index (χ0) is 13.4. The van der Waals surface area contributed by atoms with Crippen LogP contribution in [0.15, 0.2) is 12.3 Å². The molecule has 0 amide bonds. The Labute approximate surface area is 110 Å². The zero-order valence-corrected chi connectivity index (χ0v) is 12.0. The molecule has 0 aliphatic rings. The molecule has 0 saturated carbocycles. The molecule has 0 fully saturated rings. The SMILES string of the molecule is CCNCc1cnc(N(C)CCCOC)c(C)c1. The lowest BCUT2D eigenvalue weighted by molar-refractivity contribution is 0.196. The van der Waals surface area contributed by atoms with Crippen molar-refractivity contribution in [3.63, 3.8) is 0 Å². The van der Waals surface area contributed by atoms with Crippen LogP contribution in [0.1, 0.15) is 24.5 Å². The van der Waals surface area contributed by atoms with Crippen LogP contribution >= 0.6 is 0 Å². The normalized spacial score (nSPS) is 10.7. The summed E-state index contributed by atoms with van der Waals surface area (Å²) >= 11 is 0. The topological polar surface area (TPSA) is 37.4 Å². The van der Waals surface area contributed by atoms with Crippen molar-refractivity contribution in [1.82, 2.24) is 10.3 Å². The van der Waals surface area contributed by atoms with Crippen LogP contribution in [0, 0.1) is 6.92 Å². The minimum atomic E-state index is 0.794. The number of ether oxygens (including phenoxy) is 1. The predicted octanol–water partition coefficient (Wildman–Crippen LogP) is 1.97. The Hall–Kier alpha value is -1.13. The van der Waals surface area contributed by atoms with Crippen molar-refractivity contribution in [2.45, 2.75) is 26.8 Å². The Morgan fingerprint density at radius 3 is 2.83 bits per heavy atom. The van der Waals surface area contributed by atoms with Crippen LogP contribution in [0.3, 0.4) is 0 Å². The van der Waals surface area contributed by atoms with Gasteiger partial charge in [-0.25, -0.2) is 4.98 Å². The van der Waals surface area contributed by atoms with Crippen molar-refractivity contribution in [3.8, 4) is 0 Å². The Balaban J connectivity index is 2.60. The second-order valence-electron chi connectivity index (χ2n) is 4.53. The molecule has 1 aromatic heterocycles. The molecule has 0 aliphatic carbocycles. The highest BCUT2D eigenvalue weighted by Crippen LogP contribution is 2.16. The standard InChI is InChI=1S/C14H25N3O/c1-5-15-10-13-9-12(2)14(16-11-13)17(3)7-6-8-18-4/h9,11,15H,5-8,10H2,1-4H3. The molecule has 4 nitrogen and oxygen atoms in total. The fourth-order valence-electron chi connectivity index (χ4n) is 1.94. The van der Waals surface area contributed by atoms with Crippen LogP contribution in [0.5, 0.6) is 0 Å². The average Bonchev–Trinajstić information content (AvgIpc) is 2.36. The predicted molar refractivity (Wildman–Crippen MR) is 76.1 cm³/mol. The smallest absolute Gasteiger partial charge is 0.131 e. The first-order chi connectivity index (χ1) is 8.69. The van der Waals surface area contributed by atoms with Crippen LogP contribution in [0.2, 0.25) is 0 Å². The van der Waals surface area contributed by atoms with Crippen molar-refractivity contribution in [3.05, 3.63) is 23.4 Å². The van der Waals surface area contributed by atoms with Crippen LogP contribution < -0.4 is 10.2 Å². The van der Waals surface area contributed by atoms with Crippen LogP contribution in [0.25, 0.3) is 0 Å². The monoisotopic (exact) mass is 251 g/mol. The number of aromatic nitrogens is 1. The number of anilines is 1. The number of pyridine rings is 1. The fraction of sp³-hybridized carbons (Fsp3) is 0.643. The van der Waals surface area contributed by atoms with E-state index in [4.69, 9.17) is 4.74 Å². The number of nitrogens with one attached hydrogen (secondary N) is 1. The Kier molecular flexibility index (Phi) is 6.68. The molecule has 18 heavy (non-hydrogen) atoms. The Morgan fingerprint density at radius 1 is 1.44 bits per heavy atom. The van der Waals surface area contributed by atoms with Gasteiger partial charge in [-0.2, -0.15) is 0 Å². The summed E-state index contributed by atoms with van der Waals surface area (Å²) in [6.07, 6.45) is 2.98. The summed E-state index contributed by atoms with van der Waals surface area (Å²) in [7, 11) is 3.81. The van der Waals surface area contributed by atoms with Crippen LogP contribution in [-0.4, -0.2) is 38.8 Å². The number of hydrogen-bond acceptors (Lipinski definition) is 4. The molecule has 1 N–H and O–H groups in total. The molecule has 0 aliphatic heterocycles. The molecule has 0 saturated heterocycles. The highest BCUT2D eigenvalue weighted by atomic mass is 16.5. The first-order valence-electron chi connectivity index (χ1n) is 6.55. The van der Waals surface area contributed by atoms with E-state index in [9.17, 15) is 0 Å². The van der Waals surface area contributed by atoms with Gasteiger partial charge >= 0.3 is 0 Å². The molecular weight excluding hydrogens is 226 g/mol. The number of hydrogen-bond donors (Lipinski definition) is 1. The summed E-state index contributed by atoms with van der Waals surface area (Å²) in [6.45, 7) is 7.86. The van der Waals surface area contributed by atoms with E-state index in [1.54, 1.807) is 7.11 Å². The van der Waals surface area contributed by atoms with Crippen molar-refractivity contribution >= 4 is 5.82 Å². The first-order valence-corrected chi connectivity index (χ1v) is 6.55. The number of nitrogens with zero attached hydrogens (tertiary/aromatic N) is 2. The van der Waals surface area contributed by atoms with E-state index in [0.29, 0.717) is 0 Å². The van der Waals surface area contributed by atoms with Gasteiger partial charge in [-0.1, -0.05) is 6.92 Å². The van der Waals surface area contributed by atoms with E-state index >= 15 is 0 Å². The second-order valence-corrected chi connectivity index (χ2v) is 4.53. The molecule has 0 spiro atoms. The van der Waals surface area contributed by atoms with Gasteiger partial charge in [0.15, 0.2) is 0 Å². The van der Waals surface area contributed by atoms with Gasteiger partial charge in [0.2, 0.25) is 0 Å². The van der Waals surface area contributed by atoms with Gasteiger partial charge in [0, 0.05) is 40.1 Å². The van der Waals surface area contributed by atoms with E-state index in [0.717, 1.165) is 38.5 Å². The summed E-state index contributed by atoms with van der Waals surface area (Å²) in [5.41, 5.74) is 2.47. The zero-order valence-electron chi connectivity index (χ0n) is 12.0. The quantitative estimate of drug-likeness (QED) is 0.717. The lowest BCUT2D eigenvalue weighted by Crippen LogP contribution is -2.22. The van der Waals surface area contributed by atoms with E-state index in [1.165, 1.54) is 11.1 Å². The van der Waals surface area contributed by atoms with E-state index in [1.807, 2.05) is 6.20 Å². The van der Waals surface area contributed by atoms with Gasteiger partial charge in [-0.15, -0.1) is 0 Å². The van der Waals surface area contributed by atoms with Crippen molar-refractivity contribution < 1.29 is 4.74 Å². The second kappa shape index (κ2) is 8.06. The summed E-state index contributed by atoms with van der Waals surface area (Å²) in [6, 6.07) is 2.21. The summed E-state index contributed by atoms with van der Waals surface area (Å²) in [4.78, 5) is 6.74. The summed E-state index contributed by atoms with van der Waals surface area (Å²) < 4.78 is 5.07. The van der Waals surface area contributed by atoms with Crippen molar-refractivity contribution in [1.29, 1.82) is 0 Å². The van der Waals surface area contributed by atoms with Gasteiger partial charge in [-0.05, 0) is 37.1 Å². The minimum Gasteiger partial charge on any atom is -0.385 e. The lowest BCUT2D eigenvalue weighted by atomic mass is 10.2. The van der Waals surface area contributed by atoms with Gasteiger partial charge in [0.05, 0.1) is 0 Å². The Morgan fingerprint density at radius 2 is 2.22 bits per heavy atom. The number of rotatable bonds is 8. The molecular formula is C14H25N3O. The molecule has 1 heterocycles. The minimum absolute atomic E-state index is 0.794. The number of methoxy groups -OCH3 is 1. The maximum absolute atomic E-state index is 5.07. The van der Waals surface area contributed by atoms with Gasteiger partial charge in [0.25, 0.3) is 0 Å². The third-order valence-corrected chi connectivity index (χ3v) is 2.89. The largest absolute Gasteiger partial charge is 0.385 e. The molecule has 0 aromatic carbocycles. The Bertz CT molecular complexity index is 355. The van der Waals surface area contributed by atoms with E-state index in [-0.39, 0.29) is 0 Å². The molecule has 4 heteroatoms. The highest BCUT2D eigenvalue weighted by Gasteiger charge is 2.06. The van der Waals surface area contributed by atoms with Crippen LogP contribution in [-0.2, 0) is 11.3 Å².